The van der Waals surface area contributed by atoms with Crippen LogP contribution in [0.3, 0.4) is 0 Å². The zero-order valence-electron chi connectivity index (χ0n) is 7.53. The van der Waals surface area contributed by atoms with Gasteiger partial charge in [-0.15, -0.1) is 0 Å². The first-order chi connectivity index (χ1) is 5.61. The third-order valence-corrected chi connectivity index (χ3v) is 1.45. The molecular weight excluding hydrogens is 162 g/mol. The third-order valence-electron chi connectivity index (χ3n) is 1.45. The first kappa shape index (κ1) is 11.4. The summed E-state index contributed by atoms with van der Waals surface area (Å²) in [6, 6.07) is -0.143. The Bertz CT molecular complexity index is 135. The number of aliphatic carboxylic acids is 1. The van der Waals surface area contributed by atoms with Gasteiger partial charge < -0.3 is 14.6 Å². The Morgan fingerprint density at radius 2 is 2.00 bits per heavy atom. The molecule has 0 amide bonds. The topological polar surface area (TPSA) is 67.8 Å². The molecule has 0 aromatic rings. The number of hydrogen-bond acceptors (Lipinski definition) is 4. The molecule has 0 fully saturated rings. The van der Waals surface area contributed by atoms with Gasteiger partial charge in [0.25, 0.3) is 0 Å². The largest absolute Gasteiger partial charge is 0.480 e. The summed E-state index contributed by atoms with van der Waals surface area (Å²) in [5.74, 6) is -0.896. The van der Waals surface area contributed by atoms with E-state index in [0.29, 0.717) is 0 Å². The van der Waals surface area contributed by atoms with Gasteiger partial charge in [0.2, 0.25) is 0 Å². The zero-order valence-corrected chi connectivity index (χ0v) is 7.53. The Labute approximate surface area is 71.7 Å². The van der Waals surface area contributed by atoms with Crippen molar-refractivity contribution in [1.29, 1.82) is 0 Å². The standard InChI is InChI=1S/C7H15NO4/c1-5(7(11-2)12-3)8-4-6(9)10/h5,7-8H,4H2,1-3H3,(H,9,10). The fourth-order valence-electron chi connectivity index (χ4n) is 0.849. The molecule has 0 heterocycles. The summed E-state index contributed by atoms with van der Waals surface area (Å²) < 4.78 is 9.83. The number of hydrogen-bond donors (Lipinski definition) is 2. The number of carboxylic acid groups (broad SMARTS) is 1. The van der Waals surface area contributed by atoms with Gasteiger partial charge in [-0.3, -0.25) is 10.1 Å². The van der Waals surface area contributed by atoms with Crippen molar-refractivity contribution in [2.24, 2.45) is 0 Å². The Morgan fingerprint density at radius 3 is 2.33 bits per heavy atom. The number of carboxylic acids is 1. The van der Waals surface area contributed by atoms with Crippen LogP contribution in [-0.2, 0) is 14.3 Å². The van der Waals surface area contributed by atoms with Crippen LogP contribution in [0.5, 0.6) is 0 Å². The van der Waals surface area contributed by atoms with Crippen molar-refractivity contribution in [3.8, 4) is 0 Å². The molecule has 0 aliphatic carbocycles. The maximum absolute atomic E-state index is 10.2. The minimum Gasteiger partial charge on any atom is -0.480 e. The van der Waals surface area contributed by atoms with E-state index in [1.165, 1.54) is 14.2 Å². The highest BCUT2D eigenvalue weighted by Crippen LogP contribution is 1.97. The molecule has 0 spiro atoms. The molecular formula is C7H15NO4. The van der Waals surface area contributed by atoms with Gasteiger partial charge in [0.1, 0.15) is 0 Å². The normalized spacial score (nSPS) is 13.3. The molecule has 1 unspecified atom stereocenters. The number of carbonyl (C=O) groups is 1. The summed E-state index contributed by atoms with van der Waals surface area (Å²) in [7, 11) is 3.01. The molecule has 0 bridgehead atoms. The Hall–Kier alpha value is -0.650. The monoisotopic (exact) mass is 177 g/mol. The van der Waals surface area contributed by atoms with E-state index in [2.05, 4.69) is 5.32 Å². The van der Waals surface area contributed by atoms with Crippen LogP contribution < -0.4 is 5.32 Å². The third kappa shape index (κ3) is 4.27. The van der Waals surface area contributed by atoms with Gasteiger partial charge in [-0.05, 0) is 6.92 Å². The highest BCUT2D eigenvalue weighted by molar-refractivity contribution is 5.69. The molecule has 0 aromatic carbocycles. The summed E-state index contributed by atoms with van der Waals surface area (Å²) in [6.07, 6.45) is -0.413. The fraction of sp³-hybridized carbons (Fsp3) is 0.857. The summed E-state index contributed by atoms with van der Waals surface area (Å²) in [5, 5.41) is 11.1. The van der Waals surface area contributed by atoms with Crippen LogP contribution in [0.2, 0.25) is 0 Å². The highest BCUT2D eigenvalue weighted by atomic mass is 16.7. The molecule has 2 N–H and O–H groups in total. The second-order valence-corrected chi connectivity index (χ2v) is 2.40. The summed E-state index contributed by atoms with van der Waals surface area (Å²) in [4.78, 5) is 10.2. The molecule has 12 heavy (non-hydrogen) atoms. The zero-order chi connectivity index (χ0) is 9.56. The highest BCUT2D eigenvalue weighted by Gasteiger charge is 2.15. The molecule has 0 rings (SSSR count). The van der Waals surface area contributed by atoms with E-state index in [4.69, 9.17) is 14.6 Å². The molecule has 0 aliphatic heterocycles. The van der Waals surface area contributed by atoms with E-state index >= 15 is 0 Å². The Kier molecular flexibility index (Phi) is 5.61. The fourth-order valence-corrected chi connectivity index (χ4v) is 0.849. The van der Waals surface area contributed by atoms with Crippen LogP contribution in [0.25, 0.3) is 0 Å². The van der Waals surface area contributed by atoms with Crippen LogP contribution >= 0.6 is 0 Å². The predicted octanol–water partition coefficient (Wildman–Crippen LogP) is -0.332. The summed E-state index contributed by atoms with van der Waals surface area (Å²) in [6.45, 7) is 1.70. The van der Waals surface area contributed by atoms with Crippen molar-refractivity contribution in [3.05, 3.63) is 0 Å². The molecule has 1 atom stereocenters. The minimum absolute atomic E-state index is 0.0929. The lowest BCUT2D eigenvalue weighted by atomic mass is 10.3. The molecule has 0 aliphatic rings. The van der Waals surface area contributed by atoms with Crippen LogP contribution in [0, 0.1) is 0 Å². The molecule has 0 saturated carbocycles. The van der Waals surface area contributed by atoms with Crippen LogP contribution in [0.15, 0.2) is 0 Å². The Morgan fingerprint density at radius 1 is 1.50 bits per heavy atom. The second-order valence-electron chi connectivity index (χ2n) is 2.40. The van der Waals surface area contributed by atoms with Crippen molar-refractivity contribution < 1.29 is 19.4 Å². The van der Waals surface area contributed by atoms with Crippen LogP contribution in [-0.4, -0.2) is 44.2 Å². The average Bonchev–Trinajstić information content (AvgIpc) is 2.03. The lowest BCUT2D eigenvalue weighted by Gasteiger charge is -2.21. The van der Waals surface area contributed by atoms with E-state index < -0.39 is 12.3 Å². The van der Waals surface area contributed by atoms with Gasteiger partial charge in [0.05, 0.1) is 12.6 Å². The van der Waals surface area contributed by atoms with E-state index in [1.807, 2.05) is 0 Å². The average molecular weight is 177 g/mol. The van der Waals surface area contributed by atoms with Crippen molar-refractivity contribution in [1.82, 2.24) is 5.32 Å². The summed E-state index contributed by atoms with van der Waals surface area (Å²) in [5.41, 5.74) is 0. The predicted molar refractivity (Wildman–Crippen MR) is 42.9 cm³/mol. The molecule has 5 nitrogen and oxygen atoms in total. The van der Waals surface area contributed by atoms with Gasteiger partial charge in [0.15, 0.2) is 6.29 Å². The molecule has 72 valence electrons. The van der Waals surface area contributed by atoms with Gasteiger partial charge in [-0.25, -0.2) is 0 Å². The lowest BCUT2D eigenvalue weighted by molar-refractivity contribution is -0.138. The van der Waals surface area contributed by atoms with Crippen molar-refractivity contribution in [2.75, 3.05) is 20.8 Å². The quantitative estimate of drug-likeness (QED) is 0.544. The van der Waals surface area contributed by atoms with Crippen LogP contribution in [0.4, 0.5) is 0 Å². The van der Waals surface area contributed by atoms with Gasteiger partial charge >= 0.3 is 5.97 Å². The van der Waals surface area contributed by atoms with Gasteiger partial charge in [0, 0.05) is 14.2 Å². The van der Waals surface area contributed by atoms with E-state index in [1.54, 1.807) is 6.92 Å². The van der Waals surface area contributed by atoms with Crippen molar-refractivity contribution >= 4 is 5.97 Å². The first-order valence-electron chi connectivity index (χ1n) is 3.62. The number of ether oxygens (including phenoxy) is 2. The SMILES string of the molecule is COC(OC)C(C)NCC(=O)O. The molecule has 5 heteroatoms. The maximum atomic E-state index is 10.2. The van der Waals surface area contributed by atoms with Gasteiger partial charge in [-0.1, -0.05) is 0 Å². The smallest absolute Gasteiger partial charge is 0.317 e. The summed E-state index contributed by atoms with van der Waals surface area (Å²) >= 11 is 0. The number of rotatable bonds is 6. The molecule has 0 radical (unpaired) electrons. The Balaban J connectivity index is 3.68. The van der Waals surface area contributed by atoms with E-state index in [9.17, 15) is 4.79 Å². The van der Waals surface area contributed by atoms with Gasteiger partial charge in [-0.2, -0.15) is 0 Å². The second kappa shape index (κ2) is 5.93. The molecule has 0 saturated heterocycles. The number of nitrogens with one attached hydrogen (secondary N) is 1. The van der Waals surface area contributed by atoms with Crippen LogP contribution in [0.1, 0.15) is 6.92 Å². The first-order valence-corrected chi connectivity index (χ1v) is 3.62. The van der Waals surface area contributed by atoms with Crippen molar-refractivity contribution in [2.45, 2.75) is 19.3 Å². The van der Waals surface area contributed by atoms with Crippen molar-refractivity contribution in [3.63, 3.8) is 0 Å². The minimum atomic E-state index is -0.896. The maximum Gasteiger partial charge on any atom is 0.317 e. The van der Waals surface area contributed by atoms with E-state index in [0.717, 1.165) is 0 Å². The lowest BCUT2D eigenvalue weighted by Crippen LogP contribution is -2.41. The number of methoxy groups -OCH3 is 2. The molecule has 0 aromatic heterocycles. The van der Waals surface area contributed by atoms with E-state index in [-0.39, 0.29) is 12.6 Å².